The Labute approximate surface area is 219 Å². The summed E-state index contributed by atoms with van der Waals surface area (Å²) in [6.45, 7) is 2.16. The summed E-state index contributed by atoms with van der Waals surface area (Å²) in [6, 6.07) is 27.3. The fourth-order valence-electron chi connectivity index (χ4n) is 5.07. The minimum absolute atomic E-state index is 0.0565. The predicted molar refractivity (Wildman–Crippen MR) is 146 cm³/mol. The van der Waals surface area contributed by atoms with Gasteiger partial charge in [0.25, 0.3) is 0 Å². The number of rotatable bonds is 9. The van der Waals surface area contributed by atoms with Crippen molar-refractivity contribution in [3.63, 3.8) is 0 Å². The number of hydrogen-bond acceptors (Lipinski definition) is 2. The van der Waals surface area contributed by atoms with Gasteiger partial charge in [-0.2, -0.15) is 0 Å². The Morgan fingerprint density at radius 2 is 1.50 bits per heavy atom. The number of nitrogens with one attached hydrogen (secondary N) is 1. The lowest BCUT2D eigenvalue weighted by Crippen LogP contribution is -2.50. The Hall–Kier alpha value is -3.11. The molecule has 0 bridgehead atoms. The summed E-state index contributed by atoms with van der Waals surface area (Å²) in [7, 11) is 0. The maximum Gasteiger partial charge on any atom is 0.242 e. The highest BCUT2D eigenvalue weighted by atomic mass is 35.5. The van der Waals surface area contributed by atoms with Crippen LogP contribution < -0.4 is 5.32 Å². The summed E-state index contributed by atoms with van der Waals surface area (Å²) < 4.78 is 0. The van der Waals surface area contributed by atoms with Crippen molar-refractivity contribution in [1.82, 2.24) is 10.2 Å². The molecule has 0 aliphatic heterocycles. The van der Waals surface area contributed by atoms with Gasteiger partial charge < -0.3 is 10.2 Å². The van der Waals surface area contributed by atoms with Crippen molar-refractivity contribution in [2.45, 2.75) is 70.0 Å². The highest BCUT2D eigenvalue weighted by molar-refractivity contribution is 6.30. The SMILES string of the molecule is CC(C(=O)NC1CCCCC1)N(Cc1cccc(Cl)c1)C(=O)CC(c1ccccc1)c1ccccc1. The molecule has 1 atom stereocenters. The summed E-state index contributed by atoms with van der Waals surface area (Å²) in [5.41, 5.74) is 3.07. The van der Waals surface area contributed by atoms with Crippen molar-refractivity contribution in [1.29, 1.82) is 0 Å². The van der Waals surface area contributed by atoms with Gasteiger partial charge in [-0.3, -0.25) is 9.59 Å². The van der Waals surface area contributed by atoms with Crippen LogP contribution in [-0.4, -0.2) is 28.8 Å². The molecule has 1 N–H and O–H groups in total. The highest BCUT2D eigenvalue weighted by Crippen LogP contribution is 2.29. The van der Waals surface area contributed by atoms with Crippen LogP contribution in [0.5, 0.6) is 0 Å². The molecule has 2 amide bonds. The number of carbonyl (C=O) groups is 2. The van der Waals surface area contributed by atoms with Crippen molar-refractivity contribution in [3.05, 3.63) is 107 Å². The molecular formula is C31H35ClN2O2. The van der Waals surface area contributed by atoms with Crippen LogP contribution in [0.25, 0.3) is 0 Å². The number of hydrogen-bond donors (Lipinski definition) is 1. The van der Waals surface area contributed by atoms with Gasteiger partial charge in [-0.1, -0.05) is 104 Å². The second kappa shape index (κ2) is 12.7. The molecule has 4 rings (SSSR count). The van der Waals surface area contributed by atoms with E-state index in [0.717, 1.165) is 42.4 Å². The van der Waals surface area contributed by atoms with E-state index in [1.807, 2.05) is 67.6 Å². The van der Waals surface area contributed by atoms with Gasteiger partial charge in [0.15, 0.2) is 0 Å². The maximum absolute atomic E-state index is 13.9. The number of amides is 2. The van der Waals surface area contributed by atoms with E-state index < -0.39 is 6.04 Å². The minimum Gasteiger partial charge on any atom is -0.352 e. The lowest BCUT2D eigenvalue weighted by atomic mass is 9.88. The molecule has 1 fully saturated rings. The second-order valence-electron chi connectivity index (χ2n) is 9.75. The summed E-state index contributed by atoms with van der Waals surface area (Å²) in [5.74, 6) is -0.248. The zero-order valence-electron chi connectivity index (χ0n) is 20.9. The Morgan fingerprint density at radius 1 is 0.889 bits per heavy atom. The average Bonchev–Trinajstić information content (AvgIpc) is 2.91. The van der Waals surface area contributed by atoms with Gasteiger partial charge in [0.1, 0.15) is 6.04 Å². The first-order valence-electron chi connectivity index (χ1n) is 13.0. The van der Waals surface area contributed by atoms with Crippen molar-refractivity contribution < 1.29 is 9.59 Å². The molecule has 0 radical (unpaired) electrons. The van der Waals surface area contributed by atoms with Crippen LogP contribution in [0.3, 0.4) is 0 Å². The predicted octanol–water partition coefficient (Wildman–Crippen LogP) is 6.73. The quantitative estimate of drug-likeness (QED) is 0.352. The van der Waals surface area contributed by atoms with Crippen LogP contribution in [-0.2, 0) is 16.1 Å². The largest absolute Gasteiger partial charge is 0.352 e. The molecule has 1 aliphatic rings. The molecular weight excluding hydrogens is 468 g/mol. The smallest absolute Gasteiger partial charge is 0.242 e. The fraction of sp³-hybridized carbons (Fsp3) is 0.355. The lowest BCUT2D eigenvalue weighted by molar-refractivity contribution is -0.141. The molecule has 3 aromatic carbocycles. The van der Waals surface area contributed by atoms with E-state index in [2.05, 4.69) is 29.6 Å². The first-order valence-corrected chi connectivity index (χ1v) is 13.3. The van der Waals surface area contributed by atoms with Gasteiger partial charge in [0.2, 0.25) is 11.8 Å². The molecule has 1 aliphatic carbocycles. The van der Waals surface area contributed by atoms with Crippen molar-refractivity contribution in [2.75, 3.05) is 0 Å². The fourth-order valence-corrected chi connectivity index (χ4v) is 5.29. The summed E-state index contributed by atoms with van der Waals surface area (Å²) in [6.07, 6.45) is 5.79. The van der Waals surface area contributed by atoms with E-state index >= 15 is 0 Å². The van der Waals surface area contributed by atoms with E-state index in [9.17, 15) is 9.59 Å². The van der Waals surface area contributed by atoms with E-state index in [0.29, 0.717) is 11.6 Å². The van der Waals surface area contributed by atoms with E-state index in [-0.39, 0.29) is 30.2 Å². The molecule has 3 aromatic rings. The van der Waals surface area contributed by atoms with Crippen LogP contribution in [0, 0.1) is 0 Å². The summed E-state index contributed by atoms with van der Waals surface area (Å²) >= 11 is 6.24. The monoisotopic (exact) mass is 502 g/mol. The van der Waals surface area contributed by atoms with Crippen LogP contribution in [0.15, 0.2) is 84.9 Å². The van der Waals surface area contributed by atoms with Gasteiger partial charge in [-0.05, 0) is 48.6 Å². The number of benzene rings is 3. The van der Waals surface area contributed by atoms with Crippen LogP contribution in [0.4, 0.5) is 0 Å². The summed E-state index contributed by atoms with van der Waals surface area (Å²) in [4.78, 5) is 29.0. The summed E-state index contributed by atoms with van der Waals surface area (Å²) in [5, 5.41) is 3.83. The zero-order valence-corrected chi connectivity index (χ0v) is 21.7. The molecule has 0 heterocycles. The molecule has 5 heteroatoms. The molecule has 1 saturated carbocycles. The van der Waals surface area contributed by atoms with Crippen LogP contribution >= 0.6 is 11.6 Å². The molecule has 0 saturated heterocycles. The molecule has 188 valence electrons. The zero-order chi connectivity index (χ0) is 25.3. The Kier molecular flexibility index (Phi) is 9.18. The lowest BCUT2D eigenvalue weighted by Gasteiger charge is -2.32. The Balaban J connectivity index is 1.59. The topological polar surface area (TPSA) is 49.4 Å². The van der Waals surface area contributed by atoms with Crippen LogP contribution in [0.2, 0.25) is 5.02 Å². The minimum atomic E-state index is -0.592. The van der Waals surface area contributed by atoms with E-state index in [1.165, 1.54) is 6.42 Å². The van der Waals surface area contributed by atoms with Gasteiger partial charge in [0.05, 0.1) is 0 Å². The molecule has 4 nitrogen and oxygen atoms in total. The van der Waals surface area contributed by atoms with E-state index in [1.54, 1.807) is 4.90 Å². The van der Waals surface area contributed by atoms with Crippen molar-refractivity contribution in [3.8, 4) is 0 Å². The van der Waals surface area contributed by atoms with Crippen molar-refractivity contribution >= 4 is 23.4 Å². The molecule has 0 spiro atoms. The van der Waals surface area contributed by atoms with Gasteiger partial charge in [0, 0.05) is 29.9 Å². The van der Waals surface area contributed by atoms with Gasteiger partial charge in [-0.25, -0.2) is 0 Å². The molecule has 36 heavy (non-hydrogen) atoms. The molecule has 0 aromatic heterocycles. The van der Waals surface area contributed by atoms with Crippen LogP contribution in [0.1, 0.15) is 68.1 Å². The highest BCUT2D eigenvalue weighted by Gasteiger charge is 2.30. The normalized spacial score (nSPS) is 14.9. The first kappa shape index (κ1) is 26.0. The van der Waals surface area contributed by atoms with Crippen molar-refractivity contribution in [2.24, 2.45) is 0 Å². The Morgan fingerprint density at radius 3 is 2.08 bits per heavy atom. The third kappa shape index (κ3) is 6.98. The third-order valence-corrected chi connectivity index (χ3v) is 7.38. The number of halogens is 1. The molecule has 1 unspecified atom stereocenters. The van der Waals surface area contributed by atoms with E-state index in [4.69, 9.17) is 11.6 Å². The standard InChI is InChI=1S/C31H35ClN2O2/c1-23(31(36)33-28-18-9-4-10-19-28)34(22-24-12-11-17-27(32)20-24)30(35)21-29(25-13-5-2-6-14-25)26-15-7-3-8-16-26/h2-3,5-8,11-17,20,23,28-29H,4,9-10,18-19,21-22H2,1H3,(H,33,36). The third-order valence-electron chi connectivity index (χ3n) is 7.14. The second-order valence-corrected chi connectivity index (χ2v) is 10.2. The number of carbonyl (C=O) groups excluding carboxylic acids is 2. The maximum atomic E-state index is 13.9. The number of nitrogens with zero attached hydrogens (tertiary/aromatic N) is 1. The van der Waals surface area contributed by atoms with Gasteiger partial charge >= 0.3 is 0 Å². The Bertz CT molecular complexity index is 1090. The first-order chi connectivity index (χ1) is 17.5. The van der Waals surface area contributed by atoms with Gasteiger partial charge in [-0.15, -0.1) is 0 Å². The average molecular weight is 503 g/mol.